The maximum absolute atomic E-state index is 12.1. The molecule has 2 aromatic carbocycles. The highest BCUT2D eigenvalue weighted by Gasteiger charge is 2.14. The highest BCUT2D eigenvalue weighted by Crippen LogP contribution is 2.05. The van der Waals surface area contributed by atoms with E-state index in [4.69, 9.17) is 4.74 Å². The van der Waals surface area contributed by atoms with Gasteiger partial charge in [-0.2, -0.15) is 0 Å². The van der Waals surface area contributed by atoms with Gasteiger partial charge in [0.15, 0.2) is 0 Å². The summed E-state index contributed by atoms with van der Waals surface area (Å²) in [7, 11) is 1.33. The molecular weight excluding hydrogens is 358 g/mol. The van der Waals surface area contributed by atoms with Crippen molar-refractivity contribution in [3.05, 3.63) is 71.8 Å². The molecular formula is C21H25N3O4. The number of carbonyl (C=O) groups excluding carboxylic acids is 3. The summed E-state index contributed by atoms with van der Waals surface area (Å²) in [5.41, 5.74) is 1.96. The number of ether oxygens (including phenoxy) is 1. The van der Waals surface area contributed by atoms with E-state index in [1.807, 2.05) is 65.6 Å². The van der Waals surface area contributed by atoms with Crippen molar-refractivity contribution in [2.75, 3.05) is 20.2 Å². The lowest BCUT2D eigenvalue weighted by Gasteiger charge is -2.20. The minimum Gasteiger partial charge on any atom is -0.468 e. The van der Waals surface area contributed by atoms with Gasteiger partial charge in [0, 0.05) is 26.1 Å². The number of methoxy groups -OCH3 is 1. The Morgan fingerprint density at radius 3 is 2.14 bits per heavy atom. The Morgan fingerprint density at radius 2 is 1.54 bits per heavy atom. The van der Waals surface area contributed by atoms with Crippen LogP contribution in [0.25, 0.3) is 0 Å². The van der Waals surface area contributed by atoms with Crippen molar-refractivity contribution in [3.63, 3.8) is 0 Å². The second kappa shape index (κ2) is 11.5. The molecule has 2 aromatic rings. The van der Waals surface area contributed by atoms with Crippen LogP contribution < -0.4 is 10.6 Å². The van der Waals surface area contributed by atoms with E-state index in [1.165, 1.54) is 7.11 Å². The number of urea groups is 1. The molecule has 0 saturated heterocycles. The van der Waals surface area contributed by atoms with E-state index in [0.29, 0.717) is 19.6 Å². The number of rotatable bonds is 9. The number of hydrogen-bond acceptors (Lipinski definition) is 5. The third-order valence-corrected chi connectivity index (χ3v) is 4.03. The lowest BCUT2D eigenvalue weighted by molar-refractivity contribution is -0.142. The number of nitrogens with zero attached hydrogens (tertiary/aromatic N) is 1. The fourth-order valence-corrected chi connectivity index (χ4v) is 2.57. The Morgan fingerprint density at radius 1 is 0.929 bits per heavy atom. The lowest BCUT2D eigenvalue weighted by atomic mass is 10.2. The van der Waals surface area contributed by atoms with E-state index in [1.54, 1.807) is 0 Å². The zero-order valence-electron chi connectivity index (χ0n) is 15.9. The summed E-state index contributed by atoms with van der Waals surface area (Å²) in [6.07, 6.45) is 0.0859. The maximum atomic E-state index is 12.1. The smallest absolute Gasteiger partial charge is 0.321 e. The molecule has 0 aromatic heterocycles. The van der Waals surface area contributed by atoms with Gasteiger partial charge in [-0.3, -0.25) is 19.8 Å². The van der Waals surface area contributed by atoms with Crippen LogP contribution in [0.1, 0.15) is 17.5 Å². The van der Waals surface area contributed by atoms with Gasteiger partial charge in [0.1, 0.15) is 0 Å². The second-order valence-corrected chi connectivity index (χ2v) is 6.24. The zero-order valence-corrected chi connectivity index (χ0v) is 15.9. The van der Waals surface area contributed by atoms with Crippen LogP contribution in [0.2, 0.25) is 0 Å². The quantitative estimate of drug-likeness (QED) is 0.648. The van der Waals surface area contributed by atoms with Crippen LogP contribution in [-0.2, 0) is 27.4 Å². The predicted octanol–water partition coefficient (Wildman–Crippen LogP) is 2.08. The van der Waals surface area contributed by atoms with Gasteiger partial charge in [0.25, 0.3) is 0 Å². The standard InChI is InChI=1S/C21H25N3O4/c1-28-20(26)16-24(15-18-10-6-3-7-11-18)13-12-19(25)23-21(27)22-14-17-8-4-2-5-9-17/h2-11H,12-16H2,1H3,(H2,22,23,25,27). The van der Waals surface area contributed by atoms with Gasteiger partial charge in [-0.05, 0) is 11.1 Å². The summed E-state index contributed by atoms with van der Waals surface area (Å²) in [6.45, 7) is 1.23. The molecule has 2 rings (SSSR count). The van der Waals surface area contributed by atoms with Crippen molar-refractivity contribution < 1.29 is 19.1 Å². The summed E-state index contributed by atoms with van der Waals surface area (Å²) in [5, 5.41) is 4.94. The van der Waals surface area contributed by atoms with Gasteiger partial charge in [-0.1, -0.05) is 60.7 Å². The average Bonchev–Trinajstić information content (AvgIpc) is 2.72. The molecule has 0 fully saturated rings. The SMILES string of the molecule is COC(=O)CN(CCC(=O)NC(=O)NCc1ccccc1)Cc1ccccc1. The zero-order chi connectivity index (χ0) is 20.2. The fourth-order valence-electron chi connectivity index (χ4n) is 2.57. The topological polar surface area (TPSA) is 87.7 Å². The van der Waals surface area contributed by atoms with E-state index in [9.17, 15) is 14.4 Å². The monoisotopic (exact) mass is 383 g/mol. The van der Waals surface area contributed by atoms with E-state index >= 15 is 0 Å². The Balaban J connectivity index is 1.79. The van der Waals surface area contributed by atoms with Crippen LogP contribution in [-0.4, -0.2) is 43.0 Å². The van der Waals surface area contributed by atoms with Crippen molar-refractivity contribution in [2.45, 2.75) is 19.5 Å². The molecule has 148 valence electrons. The Kier molecular flexibility index (Phi) is 8.68. The summed E-state index contributed by atoms with van der Waals surface area (Å²) < 4.78 is 4.72. The highest BCUT2D eigenvalue weighted by atomic mass is 16.5. The molecule has 7 heteroatoms. The molecule has 0 bridgehead atoms. The minimum atomic E-state index is -0.545. The van der Waals surface area contributed by atoms with Crippen LogP contribution in [0.4, 0.5) is 4.79 Å². The van der Waals surface area contributed by atoms with E-state index in [0.717, 1.165) is 11.1 Å². The molecule has 0 aliphatic heterocycles. The average molecular weight is 383 g/mol. The first-order chi connectivity index (χ1) is 13.6. The molecule has 0 spiro atoms. The number of amides is 3. The first-order valence-electron chi connectivity index (χ1n) is 9.01. The first kappa shape index (κ1) is 21.1. The number of hydrogen-bond donors (Lipinski definition) is 2. The van der Waals surface area contributed by atoms with Crippen molar-refractivity contribution in [2.24, 2.45) is 0 Å². The van der Waals surface area contributed by atoms with Gasteiger partial charge in [0.2, 0.25) is 5.91 Å². The van der Waals surface area contributed by atoms with E-state index < -0.39 is 11.9 Å². The summed E-state index contributed by atoms with van der Waals surface area (Å²) in [4.78, 5) is 37.4. The van der Waals surface area contributed by atoms with Crippen LogP contribution >= 0.6 is 0 Å². The number of esters is 1. The molecule has 0 radical (unpaired) electrons. The van der Waals surface area contributed by atoms with Crippen LogP contribution in [0, 0.1) is 0 Å². The van der Waals surface area contributed by atoms with E-state index in [-0.39, 0.29) is 18.9 Å². The summed E-state index contributed by atoms with van der Waals surface area (Å²) in [6, 6.07) is 18.5. The molecule has 2 N–H and O–H groups in total. The van der Waals surface area contributed by atoms with Gasteiger partial charge < -0.3 is 10.1 Å². The third-order valence-electron chi connectivity index (χ3n) is 4.03. The highest BCUT2D eigenvalue weighted by molar-refractivity contribution is 5.94. The first-order valence-corrected chi connectivity index (χ1v) is 9.01. The van der Waals surface area contributed by atoms with Crippen molar-refractivity contribution >= 4 is 17.9 Å². The predicted molar refractivity (Wildman–Crippen MR) is 105 cm³/mol. The van der Waals surface area contributed by atoms with Crippen molar-refractivity contribution in [3.8, 4) is 0 Å². The van der Waals surface area contributed by atoms with Crippen molar-refractivity contribution in [1.82, 2.24) is 15.5 Å². The van der Waals surface area contributed by atoms with Gasteiger partial charge in [-0.25, -0.2) is 4.79 Å². The third kappa shape index (κ3) is 8.01. The molecule has 28 heavy (non-hydrogen) atoms. The summed E-state index contributed by atoms with van der Waals surface area (Å²) >= 11 is 0. The summed E-state index contributed by atoms with van der Waals surface area (Å²) in [5.74, 6) is -0.787. The van der Waals surface area contributed by atoms with Crippen molar-refractivity contribution in [1.29, 1.82) is 0 Å². The van der Waals surface area contributed by atoms with Crippen LogP contribution in [0.5, 0.6) is 0 Å². The normalized spacial score (nSPS) is 10.4. The Labute approximate surface area is 164 Å². The number of benzene rings is 2. The molecule has 0 heterocycles. The lowest BCUT2D eigenvalue weighted by Crippen LogP contribution is -2.41. The maximum Gasteiger partial charge on any atom is 0.321 e. The molecule has 0 unspecified atom stereocenters. The molecule has 0 atom stereocenters. The molecule has 3 amide bonds. The van der Waals surface area contributed by atoms with Gasteiger partial charge in [0.05, 0.1) is 13.7 Å². The molecule has 0 aliphatic rings. The van der Waals surface area contributed by atoms with Crippen LogP contribution in [0.15, 0.2) is 60.7 Å². The van der Waals surface area contributed by atoms with E-state index in [2.05, 4.69) is 10.6 Å². The number of imide groups is 1. The molecule has 7 nitrogen and oxygen atoms in total. The molecule has 0 saturated carbocycles. The largest absolute Gasteiger partial charge is 0.468 e. The molecule has 0 aliphatic carbocycles. The number of carbonyl (C=O) groups is 3. The number of nitrogens with one attached hydrogen (secondary N) is 2. The second-order valence-electron chi connectivity index (χ2n) is 6.24. The van der Waals surface area contributed by atoms with Gasteiger partial charge >= 0.3 is 12.0 Å². The van der Waals surface area contributed by atoms with Crippen LogP contribution in [0.3, 0.4) is 0 Å². The van der Waals surface area contributed by atoms with Gasteiger partial charge in [-0.15, -0.1) is 0 Å². The fraction of sp³-hybridized carbons (Fsp3) is 0.286. The Hall–Kier alpha value is -3.19. The Bertz CT molecular complexity index is 766. The minimum absolute atomic E-state index is 0.0683.